The van der Waals surface area contributed by atoms with E-state index in [-0.39, 0.29) is 10.8 Å². The van der Waals surface area contributed by atoms with Crippen LogP contribution in [0, 0.1) is 0 Å². The van der Waals surface area contributed by atoms with Crippen molar-refractivity contribution >= 4 is 17.6 Å². The quantitative estimate of drug-likeness (QED) is 0.761. The third-order valence-electron chi connectivity index (χ3n) is 1.49. The Morgan fingerprint density at radius 3 is 2.93 bits per heavy atom. The van der Waals surface area contributed by atoms with Gasteiger partial charge in [0, 0.05) is 19.6 Å². The Balaban J connectivity index is 2.89. The van der Waals surface area contributed by atoms with Crippen molar-refractivity contribution in [1.29, 1.82) is 0 Å². The third-order valence-corrected chi connectivity index (χ3v) is 1.68. The molecule has 0 atom stereocenters. The Morgan fingerprint density at radius 1 is 1.64 bits per heavy atom. The summed E-state index contributed by atoms with van der Waals surface area (Å²) in [5.41, 5.74) is -0.101. The molecule has 0 aliphatic carbocycles. The zero-order valence-electron chi connectivity index (χ0n) is 7.53. The molecule has 0 radical (unpaired) electrons. The number of rotatable bonds is 4. The lowest BCUT2D eigenvalue weighted by atomic mass is 10.3. The minimum absolute atomic E-state index is 0.101. The van der Waals surface area contributed by atoms with Crippen LogP contribution < -0.4 is 0 Å². The van der Waals surface area contributed by atoms with Gasteiger partial charge in [-0.1, -0.05) is 11.6 Å². The van der Waals surface area contributed by atoms with E-state index in [0.717, 1.165) is 0 Å². The van der Waals surface area contributed by atoms with Crippen LogP contribution in [0.2, 0.25) is 5.15 Å². The summed E-state index contributed by atoms with van der Waals surface area (Å²) in [4.78, 5) is 18.3. The molecule has 1 aromatic heterocycles. The lowest BCUT2D eigenvalue weighted by Crippen LogP contribution is -2.07. The highest BCUT2D eigenvalue weighted by Crippen LogP contribution is 2.07. The lowest BCUT2D eigenvalue weighted by Gasteiger charge is -2.01. The van der Waals surface area contributed by atoms with Crippen LogP contribution in [0.15, 0.2) is 6.07 Å². The molecule has 0 aliphatic rings. The van der Waals surface area contributed by atoms with Crippen LogP contribution in [-0.4, -0.2) is 34.8 Å². The van der Waals surface area contributed by atoms with Crippen molar-refractivity contribution in [3.8, 4) is 0 Å². The first-order valence-electron chi connectivity index (χ1n) is 3.89. The van der Waals surface area contributed by atoms with Crippen LogP contribution in [0.4, 0.5) is 0 Å². The van der Waals surface area contributed by atoms with E-state index in [1.165, 1.54) is 6.07 Å². The molecule has 1 rings (SSSR count). The Bertz CT molecular complexity index is 343. The zero-order valence-corrected chi connectivity index (χ0v) is 8.28. The van der Waals surface area contributed by atoms with Crippen LogP contribution in [0.5, 0.6) is 0 Å². The first kappa shape index (κ1) is 10.9. The van der Waals surface area contributed by atoms with Gasteiger partial charge in [0.05, 0.1) is 6.61 Å². The number of hydrogen-bond donors (Lipinski definition) is 1. The second-order valence-electron chi connectivity index (χ2n) is 2.54. The summed E-state index contributed by atoms with van der Waals surface area (Å²) in [6.45, 7) is 0.430. The third kappa shape index (κ3) is 2.93. The predicted molar refractivity (Wildman–Crippen MR) is 49.6 cm³/mol. The minimum Gasteiger partial charge on any atom is -0.477 e. The number of nitrogens with zero attached hydrogens (tertiary/aromatic N) is 2. The predicted octanol–water partition coefficient (Wildman–Crippen LogP) is 1.02. The number of carbonyl (C=O) groups is 1. The Kier molecular flexibility index (Phi) is 3.79. The van der Waals surface area contributed by atoms with E-state index in [2.05, 4.69) is 9.97 Å². The number of carboxylic acids is 1. The van der Waals surface area contributed by atoms with Crippen LogP contribution in [0.25, 0.3) is 0 Å². The molecule has 0 saturated carbocycles. The van der Waals surface area contributed by atoms with E-state index >= 15 is 0 Å². The van der Waals surface area contributed by atoms with Crippen LogP contribution in [-0.2, 0) is 11.2 Å². The monoisotopic (exact) mass is 216 g/mol. The standard InChI is InChI=1S/C8H9ClN2O3/c1-14-3-2-7-10-5(8(12)13)4-6(9)11-7/h4H,2-3H2,1H3,(H,12,13). The van der Waals surface area contributed by atoms with Gasteiger partial charge in [-0.25, -0.2) is 14.8 Å². The molecule has 1 heterocycles. The summed E-state index contributed by atoms with van der Waals surface area (Å²) in [6, 6.07) is 1.21. The number of hydrogen-bond acceptors (Lipinski definition) is 4. The zero-order chi connectivity index (χ0) is 10.6. The van der Waals surface area contributed by atoms with Crippen molar-refractivity contribution < 1.29 is 14.6 Å². The molecule has 0 aliphatic heterocycles. The molecule has 0 aromatic carbocycles. The molecule has 5 nitrogen and oxygen atoms in total. The molecular weight excluding hydrogens is 208 g/mol. The van der Waals surface area contributed by atoms with Crippen LogP contribution in [0.1, 0.15) is 16.3 Å². The fraction of sp³-hybridized carbons (Fsp3) is 0.375. The maximum Gasteiger partial charge on any atom is 0.354 e. The largest absolute Gasteiger partial charge is 0.477 e. The normalized spacial score (nSPS) is 10.1. The molecule has 6 heteroatoms. The fourth-order valence-electron chi connectivity index (χ4n) is 0.879. The smallest absolute Gasteiger partial charge is 0.354 e. The molecule has 0 amide bonds. The highest BCUT2D eigenvalue weighted by Gasteiger charge is 2.08. The maximum atomic E-state index is 10.6. The fourth-order valence-corrected chi connectivity index (χ4v) is 1.08. The van der Waals surface area contributed by atoms with Crippen molar-refractivity contribution in [1.82, 2.24) is 9.97 Å². The summed E-state index contributed by atoms with van der Waals surface area (Å²) >= 11 is 5.62. The first-order valence-corrected chi connectivity index (χ1v) is 4.27. The van der Waals surface area contributed by atoms with Gasteiger partial charge in [0.25, 0.3) is 0 Å². The highest BCUT2D eigenvalue weighted by atomic mass is 35.5. The Hall–Kier alpha value is -1.20. The van der Waals surface area contributed by atoms with Crippen molar-refractivity contribution in [2.24, 2.45) is 0 Å². The number of ether oxygens (including phenoxy) is 1. The molecule has 1 N–H and O–H groups in total. The molecule has 0 bridgehead atoms. The van der Waals surface area contributed by atoms with E-state index in [4.69, 9.17) is 21.4 Å². The molecule has 1 aromatic rings. The Labute approximate surface area is 85.7 Å². The first-order chi connectivity index (χ1) is 6.63. The molecule has 0 fully saturated rings. The highest BCUT2D eigenvalue weighted by molar-refractivity contribution is 6.29. The summed E-state index contributed by atoms with van der Waals surface area (Å²) < 4.78 is 4.82. The van der Waals surface area contributed by atoms with E-state index in [0.29, 0.717) is 18.9 Å². The number of aromatic nitrogens is 2. The van der Waals surface area contributed by atoms with Gasteiger partial charge >= 0.3 is 5.97 Å². The van der Waals surface area contributed by atoms with Gasteiger partial charge in [-0.15, -0.1) is 0 Å². The van der Waals surface area contributed by atoms with Gasteiger partial charge in [-0.2, -0.15) is 0 Å². The minimum atomic E-state index is -1.12. The number of halogens is 1. The van der Waals surface area contributed by atoms with Crippen molar-refractivity contribution in [3.05, 3.63) is 22.7 Å². The summed E-state index contributed by atoms with van der Waals surface area (Å²) in [7, 11) is 1.54. The van der Waals surface area contributed by atoms with Crippen molar-refractivity contribution in [2.75, 3.05) is 13.7 Å². The summed E-state index contributed by atoms with van der Waals surface area (Å²) in [6.07, 6.45) is 0.442. The number of aromatic carboxylic acids is 1. The molecule has 0 unspecified atom stereocenters. The SMILES string of the molecule is COCCc1nc(Cl)cc(C(=O)O)n1. The molecule has 0 spiro atoms. The number of methoxy groups -OCH3 is 1. The van der Waals surface area contributed by atoms with Crippen LogP contribution >= 0.6 is 11.6 Å². The van der Waals surface area contributed by atoms with Crippen molar-refractivity contribution in [2.45, 2.75) is 6.42 Å². The molecular formula is C8H9ClN2O3. The van der Waals surface area contributed by atoms with E-state index < -0.39 is 5.97 Å². The van der Waals surface area contributed by atoms with Gasteiger partial charge in [0.15, 0.2) is 5.69 Å². The Morgan fingerprint density at radius 2 is 2.36 bits per heavy atom. The van der Waals surface area contributed by atoms with Crippen molar-refractivity contribution in [3.63, 3.8) is 0 Å². The molecule has 14 heavy (non-hydrogen) atoms. The topological polar surface area (TPSA) is 72.3 Å². The summed E-state index contributed by atoms with van der Waals surface area (Å²) in [5, 5.41) is 8.81. The number of carboxylic acid groups (broad SMARTS) is 1. The van der Waals surface area contributed by atoms with Crippen LogP contribution in [0.3, 0.4) is 0 Å². The van der Waals surface area contributed by atoms with Gasteiger partial charge in [-0.3, -0.25) is 0 Å². The second kappa shape index (κ2) is 4.88. The van der Waals surface area contributed by atoms with Gasteiger partial charge < -0.3 is 9.84 Å². The summed E-state index contributed by atoms with van der Waals surface area (Å²) in [5.74, 6) is -0.746. The lowest BCUT2D eigenvalue weighted by molar-refractivity contribution is 0.0689. The molecule has 76 valence electrons. The van der Waals surface area contributed by atoms with E-state index in [9.17, 15) is 4.79 Å². The maximum absolute atomic E-state index is 10.6. The molecule has 0 saturated heterocycles. The van der Waals surface area contributed by atoms with E-state index in [1.807, 2.05) is 0 Å². The van der Waals surface area contributed by atoms with Gasteiger partial charge in [-0.05, 0) is 0 Å². The average Bonchev–Trinajstić information content (AvgIpc) is 2.14. The van der Waals surface area contributed by atoms with E-state index in [1.54, 1.807) is 7.11 Å². The average molecular weight is 217 g/mol. The van der Waals surface area contributed by atoms with Gasteiger partial charge in [0.2, 0.25) is 0 Å². The second-order valence-corrected chi connectivity index (χ2v) is 2.93. The van der Waals surface area contributed by atoms with Gasteiger partial charge in [0.1, 0.15) is 11.0 Å².